The third-order valence-corrected chi connectivity index (χ3v) is 4.22. The van der Waals surface area contributed by atoms with Gasteiger partial charge in [-0.3, -0.25) is 9.59 Å². The van der Waals surface area contributed by atoms with Crippen LogP contribution in [0.3, 0.4) is 0 Å². The molecule has 1 aromatic rings. The lowest BCUT2D eigenvalue weighted by atomic mass is 10.2. The van der Waals surface area contributed by atoms with Gasteiger partial charge in [-0.1, -0.05) is 41.0 Å². The van der Waals surface area contributed by atoms with Gasteiger partial charge >= 0.3 is 0 Å². The fraction of sp³-hybridized carbons (Fsp3) is 0.250. The summed E-state index contributed by atoms with van der Waals surface area (Å²) in [5, 5.41) is 8.64. The number of nitrogens with one attached hydrogen (secondary N) is 1. The van der Waals surface area contributed by atoms with Crippen LogP contribution in [0.4, 0.5) is 0 Å². The Morgan fingerprint density at radius 2 is 1.90 bits per heavy atom. The molecule has 0 unspecified atom stereocenters. The number of amidine groups is 1. The summed E-state index contributed by atoms with van der Waals surface area (Å²) in [6.07, 6.45) is 0. The van der Waals surface area contributed by atoms with E-state index < -0.39 is 5.37 Å². The number of rotatable bonds is 1. The predicted octanol–water partition coefficient (Wildman–Crippen LogP) is 2.99. The van der Waals surface area contributed by atoms with Gasteiger partial charge in [0, 0.05) is 29.5 Å². The van der Waals surface area contributed by atoms with Gasteiger partial charge in [0.05, 0.1) is 0 Å². The quantitative estimate of drug-likeness (QED) is 0.860. The van der Waals surface area contributed by atoms with Crippen LogP contribution in [0.25, 0.3) is 0 Å². The Hall–Kier alpha value is -1.24. The number of carbonyl (C=O) groups is 2. The Kier molecular flexibility index (Phi) is 4.57. The molecule has 106 valence electrons. The maximum absolute atomic E-state index is 11.7. The van der Waals surface area contributed by atoms with Crippen molar-refractivity contribution < 1.29 is 9.59 Å². The van der Waals surface area contributed by atoms with Gasteiger partial charge in [0.2, 0.25) is 11.8 Å². The monoisotopic (exact) mass is 331 g/mol. The van der Waals surface area contributed by atoms with Crippen LogP contribution in [0.1, 0.15) is 24.8 Å². The molecule has 0 fully saturated rings. The van der Waals surface area contributed by atoms with E-state index in [2.05, 4.69) is 10.4 Å². The van der Waals surface area contributed by atoms with E-state index >= 15 is 0 Å². The number of benzene rings is 1. The van der Waals surface area contributed by atoms with Crippen LogP contribution < -0.4 is 5.32 Å². The van der Waals surface area contributed by atoms with Crippen molar-refractivity contribution in [1.29, 1.82) is 0 Å². The Bertz CT molecular complexity index is 586. The van der Waals surface area contributed by atoms with E-state index in [0.29, 0.717) is 20.8 Å². The van der Waals surface area contributed by atoms with Gasteiger partial charge in [-0.25, -0.2) is 5.01 Å². The number of thioether (sulfide) groups is 1. The molecule has 0 aromatic heterocycles. The van der Waals surface area contributed by atoms with E-state index in [9.17, 15) is 9.59 Å². The van der Waals surface area contributed by atoms with Crippen LogP contribution in [-0.2, 0) is 9.59 Å². The maximum atomic E-state index is 11.7. The highest BCUT2D eigenvalue weighted by Crippen LogP contribution is 2.44. The molecule has 1 aromatic carbocycles. The van der Waals surface area contributed by atoms with E-state index in [4.69, 9.17) is 23.2 Å². The smallest absolute Gasteiger partial charge is 0.241 e. The number of hydrogen-bond acceptors (Lipinski definition) is 4. The lowest BCUT2D eigenvalue weighted by Crippen LogP contribution is -2.25. The van der Waals surface area contributed by atoms with Crippen LogP contribution in [0.15, 0.2) is 23.3 Å². The van der Waals surface area contributed by atoms with Gasteiger partial charge < -0.3 is 5.32 Å². The molecule has 0 saturated carbocycles. The number of carbonyl (C=O) groups excluding carboxylic acids is 2. The van der Waals surface area contributed by atoms with E-state index in [1.165, 1.54) is 30.6 Å². The number of halogens is 2. The average Bonchev–Trinajstić information content (AvgIpc) is 2.71. The second-order valence-electron chi connectivity index (χ2n) is 4.06. The fourth-order valence-corrected chi connectivity index (χ4v) is 3.65. The summed E-state index contributed by atoms with van der Waals surface area (Å²) in [7, 11) is 0. The maximum Gasteiger partial charge on any atom is 0.241 e. The Labute approximate surface area is 130 Å². The minimum absolute atomic E-state index is 0.259. The summed E-state index contributed by atoms with van der Waals surface area (Å²) in [5.41, 5.74) is 0.597. The van der Waals surface area contributed by atoms with E-state index in [-0.39, 0.29) is 11.8 Å². The van der Waals surface area contributed by atoms with Crippen LogP contribution >= 0.6 is 35.0 Å². The number of hydrazone groups is 1. The molecule has 2 rings (SSSR count). The fourth-order valence-electron chi connectivity index (χ4n) is 1.70. The largest absolute Gasteiger partial charge is 0.304 e. The molecule has 1 aliphatic heterocycles. The van der Waals surface area contributed by atoms with Crippen molar-refractivity contribution in [1.82, 2.24) is 10.3 Å². The summed E-state index contributed by atoms with van der Waals surface area (Å²) >= 11 is 13.5. The van der Waals surface area contributed by atoms with Crippen molar-refractivity contribution in [2.24, 2.45) is 5.10 Å². The predicted molar refractivity (Wildman–Crippen MR) is 80.6 cm³/mol. The number of amides is 2. The van der Waals surface area contributed by atoms with Crippen molar-refractivity contribution in [3.8, 4) is 0 Å². The van der Waals surface area contributed by atoms with Crippen molar-refractivity contribution in [2.45, 2.75) is 19.2 Å². The molecule has 0 aliphatic carbocycles. The highest BCUT2D eigenvalue weighted by molar-refractivity contribution is 8.14. The zero-order chi connectivity index (χ0) is 14.9. The Morgan fingerprint density at radius 3 is 2.40 bits per heavy atom. The molecule has 1 heterocycles. The topological polar surface area (TPSA) is 61.8 Å². The lowest BCUT2D eigenvalue weighted by molar-refractivity contribution is -0.129. The zero-order valence-corrected chi connectivity index (χ0v) is 13.0. The molecular formula is C12H11Cl2N3O2S. The molecule has 1 aliphatic rings. The standard InChI is InChI=1S/C12H11Cl2N3O2S/c1-6(18)15-12-16-17(7(2)19)11(20-12)10-8(13)4-3-5-9(10)14/h3-5,11H,1-2H3,(H,15,16,18)/t11-/m0/s1. The average molecular weight is 332 g/mol. The van der Waals surface area contributed by atoms with Crippen LogP contribution in [0, 0.1) is 0 Å². The third-order valence-electron chi connectivity index (χ3n) is 2.50. The molecular weight excluding hydrogens is 321 g/mol. The van der Waals surface area contributed by atoms with Crippen molar-refractivity contribution in [2.75, 3.05) is 0 Å². The molecule has 0 saturated heterocycles. The third kappa shape index (κ3) is 3.08. The van der Waals surface area contributed by atoms with Gasteiger partial charge in [-0.05, 0) is 12.1 Å². The Morgan fingerprint density at radius 1 is 1.30 bits per heavy atom. The minimum Gasteiger partial charge on any atom is -0.304 e. The van der Waals surface area contributed by atoms with Crippen molar-refractivity contribution in [3.63, 3.8) is 0 Å². The molecule has 20 heavy (non-hydrogen) atoms. The Balaban J connectivity index is 2.37. The molecule has 1 atom stereocenters. The molecule has 0 bridgehead atoms. The first kappa shape index (κ1) is 15.2. The summed E-state index contributed by atoms with van der Waals surface area (Å²) in [6, 6.07) is 5.11. The van der Waals surface area contributed by atoms with Crippen LogP contribution in [-0.4, -0.2) is 22.0 Å². The number of nitrogens with zero attached hydrogens (tertiary/aromatic N) is 2. The summed E-state index contributed by atoms with van der Waals surface area (Å²) in [5.74, 6) is -0.524. The van der Waals surface area contributed by atoms with Crippen LogP contribution in [0.5, 0.6) is 0 Å². The van der Waals surface area contributed by atoms with Gasteiger partial charge in [0.1, 0.15) is 5.37 Å². The van der Waals surface area contributed by atoms with E-state index in [0.717, 1.165) is 0 Å². The van der Waals surface area contributed by atoms with Gasteiger partial charge in [0.25, 0.3) is 0 Å². The van der Waals surface area contributed by atoms with E-state index in [1.54, 1.807) is 18.2 Å². The number of hydrogen-bond donors (Lipinski definition) is 1. The van der Waals surface area contributed by atoms with Crippen LogP contribution in [0.2, 0.25) is 10.0 Å². The first-order valence-electron chi connectivity index (χ1n) is 5.66. The summed E-state index contributed by atoms with van der Waals surface area (Å²) < 4.78 is 0. The van der Waals surface area contributed by atoms with Gasteiger partial charge in [0.15, 0.2) is 5.17 Å². The first-order chi connectivity index (χ1) is 9.40. The van der Waals surface area contributed by atoms with Crippen molar-refractivity contribution in [3.05, 3.63) is 33.8 Å². The summed E-state index contributed by atoms with van der Waals surface area (Å²) in [6.45, 7) is 2.76. The summed E-state index contributed by atoms with van der Waals surface area (Å²) in [4.78, 5) is 22.8. The molecule has 0 spiro atoms. The highest BCUT2D eigenvalue weighted by atomic mass is 35.5. The first-order valence-corrected chi connectivity index (χ1v) is 7.30. The molecule has 8 heteroatoms. The zero-order valence-electron chi connectivity index (χ0n) is 10.7. The molecule has 2 amide bonds. The molecule has 5 nitrogen and oxygen atoms in total. The van der Waals surface area contributed by atoms with E-state index in [1.807, 2.05) is 0 Å². The van der Waals surface area contributed by atoms with Gasteiger partial charge in [-0.15, -0.1) is 5.10 Å². The molecule has 1 N–H and O–H groups in total. The van der Waals surface area contributed by atoms with Crippen molar-refractivity contribution >= 4 is 51.9 Å². The second-order valence-corrected chi connectivity index (χ2v) is 5.94. The second kappa shape index (κ2) is 6.03. The van der Waals surface area contributed by atoms with Gasteiger partial charge in [-0.2, -0.15) is 0 Å². The normalized spacial score (nSPS) is 17.9. The molecule has 0 radical (unpaired) electrons. The lowest BCUT2D eigenvalue weighted by Gasteiger charge is -2.21. The SMILES string of the molecule is CC(=O)NC1=NN(C(C)=O)[C@H](c2c(Cl)cccc2Cl)S1. The minimum atomic E-state index is -0.490. The highest BCUT2D eigenvalue weighted by Gasteiger charge is 2.34.